The van der Waals surface area contributed by atoms with Gasteiger partial charge < -0.3 is 15.4 Å². The van der Waals surface area contributed by atoms with Crippen LogP contribution in [0.3, 0.4) is 0 Å². The number of ether oxygens (including phenoxy) is 1. The molecule has 0 aromatic rings. The third-order valence-corrected chi connectivity index (χ3v) is 4.13. The summed E-state index contributed by atoms with van der Waals surface area (Å²) in [5.41, 5.74) is 6.07. The fraction of sp³-hybridized carbons (Fsp3) is 1.00. The molecule has 2 N–H and O–H groups in total. The lowest BCUT2D eigenvalue weighted by Crippen LogP contribution is -2.51. The second-order valence-corrected chi connectivity index (χ2v) is 5.30. The lowest BCUT2D eigenvalue weighted by atomic mass is 9.79. The van der Waals surface area contributed by atoms with E-state index in [-0.39, 0.29) is 0 Å². The van der Waals surface area contributed by atoms with Crippen molar-refractivity contribution in [2.24, 2.45) is 17.1 Å². The van der Waals surface area contributed by atoms with Crippen LogP contribution in [0.15, 0.2) is 0 Å². The summed E-state index contributed by atoms with van der Waals surface area (Å²) >= 11 is 0. The molecule has 0 unspecified atom stereocenters. The number of nitrogens with zero attached hydrogens (tertiary/aromatic N) is 1. The number of hydrogen-bond acceptors (Lipinski definition) is 3. The number of rotatable bonds is 6. The highest BCUT2D eigenvalue weighted by molar-refractivity contribution is 4.87. The summed E-state index contributed by atoms with van der Waals surface area (Å²) < 4.78 is 5.34. The Morgan fingerprint density at radius 2 is 2.13 bits per heavy atom. The smallest absolute Gasteiger partial charge is 0.0545 e. The molecule has 0 atom stereocenters. The molecule has 2 rings (SSSR count). The van der Waals surface area contributed by atoms with E-state index in [1.165, 1.54) is 38.9 Å². The Morgan fingerprint density at radius 3 is 2.60 bits per heavy atom. The molecular formula is C12H24N2O. The molecule has 0 aromatic carbocycles. The standard InChI is InChI=1S/C12H24N2O/c1-2-12(9-15-10-12)4-6-14-7-11(8-14)3-5-13/h11H,2-10,13H2,1H3. The van der Waals surface area contributed by atoms with Crippen molar-refractivity contribution in [1.29, 1.82) is 0 Å². The largest absolute Gasteiger partial charge is 0.380 e. The quantitative estimate of drug-likeness (QED) is 0.716. The Labute approximate surface area is 93.0 Å². The van der Waals surface area contributed by atoms with Gasteiger partial charge in [0.25, 0.3) is 0 Å². The van der Waals surface area contributed by atoms with Gasteiger partial charge in [0.1, 0.15) is 0 Å². The summed E-state index contributed by atoms with van der Waals surface area (Å²) in [5.74, 6) is 0.880. The Morgan fingerprint density at radius 1 is 1.40 bits per heavy atom. The van der Waals surface area contributed by atoms with Crippen LogP contribution in [0.25, 0.3) is 0 Å². The van der Waals surface area contributed by atoms with E-state index in [1.54, 1.807) is 0 Å². The second-order valence-electron chi connectivity index (χ2n) is 5.30. The van der Waals surface area contributed by atoms with Gasteiger partial charge in [0.2, 0.25) is 0 Å². The van der Waals surface area contributed by atoms with Gasteiger partial charge in [-0.1, -0.05) is 6.92 Å². The minimum atomic E-state index is 0.527. The van der Waals surface area contributed by atoms with Crippen LogP contribution in [0, 0.1) is 11.3 Å². The average Bonchev–Trinajstić information content (AvgIpc) is 2.12. The van der Waals surface area contributed by atoms with E-state index >= 15 is 0 Å². The first-order chi connectivity index (χ1) is 7.28. The molecule has 15 heavy (non-hydrogen) atoms. The molecule has 2 aliphatic rings. The molecular weight excluding hydrogens is 188 g/mol. The van der Waals surface area contributed by atoms with Crippen LogP contribution in [-0.4, -0.2) is 44.3 Å². The summed E-state index contributed by atoms with van der Waals surface area (Å²) in [6, 6.07) is 0. The lowest BCUT2D eigenvalue weighted by Gasteiger charge is -2.45. The summed E-state index contributed by atoms with van der Waals surface area (Å²) in [5, 5.41) is 0. The molecule has 0 aliphatic carbocycles. The SMILES string of the molecule is CCC1(CCN2CC(CCN)C2)COC1. The van der Waals surface area contributed by atoms with Crippen LogP contribution in [0.1, 0.15) is 26.2 Å². The highest BCUT2D eigenvalue weighted by Gasteiger charge is 2.37. The Hall–Kier alpha value is -0.120. The maximum atomic E-state index is 5.54. The Kier molecular flexibility index (Phi) is 3.65. The van der Waals surface area contributed by atoms with Crippen molar-refractivity contribution in [2.45, 2.75) is 26.2 Å². The van der Waals surface area contributed by atoms with Gasteiger partial charge in [-0.3, -0.25) is 0 Å². The number of nitrogens with two attached hydrogens (primary N) is 1. The third-order valence-electron chi connectivity index (χ3n) is 4.13. The first-order valence-corrected chi connectivity index (χ1v) is 6.28. The normalized spacial score (nSPS) is 26.0. The topological polar surface area (TPSA) is 38.5 Å². The van der Waals surface area contributed by atoms with Gasteiger partial charge in [0.05, 0.1) is 13.2 Å². The van der Waals surface area contributed by atoms with Crippen LogP contribution in [-0.2, 0) is 4.74 Å². The van der Waals surface area contributed by atoms with Gasteiger partial charge in [-0.2, -0.15) is 0 Å². The zero-order valence-corrected chi connectivity index (χ0v) is 9.87. The Bertz CT molecular complexity index is 192. The van der Waals surface area contributed by atoms with E-state index in [1.807, 2.05) is 0 Å². The average molecular weight is 212 g/mol. The van der Waals surface area contributed by atoms with Gasteiger partial charge in [-0.25, -0.2) is 0 Å². The monoisotopic (exact) mass is 212 g/mol. The minimum absolute atomic E-state index is 0.527. The molecule has 0 saturated carbocycles. The Balaban J connectivity index is 1.59. The van der Waals surface area contributed by atoms with Crippen molar-refractivity contribution in [3.8, 4) is 0 Å². The molecule has 2 saturated heterocycles. The van der Waals surface area contributed by atoms with Crippen molar-refractivity contribution in [2.75, 3.05) is 39.4 Å². The van der Waals surface area contributed by atoms with Crippen LogP contribution in [0.4, 0.5) is 0 Å². The van der Waals surface area contributed by atoms with Crippen LogP contribution in [0.2, 0.25) is 0 Å². The van der Waals surface area contributed by atoms with Crippen molar-refractivity contribution >= 4 is 0 Å². The zero-order valence-electron chi connectivity index (χ0n) is 9.87. The van der Waals surface area contributed by atoms with Crippen molar-refractivity contribution < 1.29 is 4.74 Å². The molecule has 88 valence electrons. The van der Waals surface area contributed by atoms with Crippen molar-refractivity contribution in [3.63, 3.8) is 0 Å². The molecule has 3 nitrogen and oxygen atoms in total. The molecule has 0 amide bonds. The first-order valence-electron chi connectivity index (χ1n) is 6.28. The highest BCUT2D eigenvalue weighted by atomic mass is 16.5. The maximum Gasteiger partial charge on any atom is 0.0545 e. The predicted molar refractivity (Wildman–Crippen MR) is 61.8 cm³/mol. The number of hydrogen-bond donors (Lipinski definition) is 1. The fourth-order valence-corrected chi connectivity index (χ4v) is 2.59. The summed E-state index contributed by atoms with van der Waals surface area (Å²) in [7, 11) is 0. The molecule has 2 aliphatic heterocycles. The summed E-state index contributed by atoms with van der Waals surface area (Å²) in [4.78, 5) is 2.57. The molecule has 3 heteroatoms. The van der Waals surface area contributed by atoms with Crippen LogP contribution in [0.5, 0.6) is 0 Å². The van der Waals surface area contributed by atoms with Gasteiger partial charge in [-0.05, 0) is 38.3 Å². The molecule has 2 heterocycles. The molecule has 2 fully saturated rings. The van der Waals surface area contributed by atoms with Gasteiger partial charge in [0, 0.05) is 18.5 Å². The first kappa shape index (κ1) is 11.4. The minimum Gasteiger partial charge on any atom is -0.380 e. The van der Waals surface area contributed by atoms with E-state index in [2.05, 4.69) is 11.8 Å². The van der Waals surface area contributed by atoms with E-state index in [0.29, 0.717) is 5.41 Å². The lowest BCUT2D eigenvalue weighted by molar-refractivity contribution is -0.124. The van der Waals surface area contributed by atoms with Crippen molar-refractivity contribution in [3.05, 3.63) is 0 Å². The van der Waals surface area contributed by atoms with E-state index in [9.17, 15) is 0 Å². The van der Waals surface area contributed by atoms with E-state index in [0.717, 1.165) is 25.7 Å². The molecule has 0 aromatic heterocycles. The highest BCUT2D eigenvalue weighted by Crippen LogP contribution is 2.35. The van der Waals surface area contributed by atoms with E-state index < -0.39 is 0 Å². The second kappa shape index (κ2) is 4.81. The zero-order chi connectivity index (χ0) is 10.7. The van der Waals surface area contributed by atoms with Gasteiger partial charge >= 0.3 is 0 Å². The van der Waals surface area contributed by atoms with E-state index in [4.69, 9.17) is 10.5 Å². The third kappa shape index (κ3) is 2.52. The molecule has 0 radical (unpaired) electrons. The molecule has 0 spiro atoms. The maximum absolute atomic E-state index is 5.54. The van der Waals surface area contributed by atoms with Crippen LogP contribution < -0.4 is 5.73 Å². The summed E-state index contributed by atoms with van der Waals surface area (Å²) in [6.45, 7) is 8.93. The van der Waals surface area contributed by atoms with Gasteiger partial charge in [0.15, 0.2) is 0 Å². The predicted octanol–water partition coefficient (Wildman–Crippen LogP) is 1.08. The number of likely N-dealkylation sites (tertiary alicyclic amines) is 1. The van der Waals surface area contributed by atoms with Gasteiger partial charge in [-0.15, -0.1) is 0 Å². The summed E-state index contributed by atoms with van der Waals surface area (Å²) in [6.07, 6.45) is 3.80. The molecule has 0 bridgehead atoms. The fourth-order valence-electron chi connectivity index (χ4n) is 2.59. The van der Waals surface area contributed by atoms with Crippen LogP contribution >= 0.6 is 0 Å². The van der Waals surface area contributed by atoms with Crippen molar-refractivity contribution in [1.82, 2.24) is 4.90 Å².